The van der Waals surface area contributed by atoms with Gasteiger partial charge in [-0.1, -0.05) is 19.8 Å². The summed E-state index contributed by atoms with van der Waals surface area (Å²) in [4.78, 5) is 19.8. The molecule has 1 aliphatic carbocycles. The van der Waals surface area contributed by atoms with E-state index < -0.39 is 0 Å². The fraction of sp³-hybridized carbons (Fsp3) is 0.583. The molecule has 2 rings (SSSR count). The molecule has 2 atom stereocenters. The van der Waals surface area contributed by atoms with Gasteiger partial charge in [0.25, 0.3) is 5.91 Å². The molecule has 1 aromatic rings. The van der Waals surface area contributed by atoms with Gasteiger partial charge in [0, 0.05) is 6.04 Å². The summed E-state index contributed by atoms with van der Waals surface area (Å²) in [5.41, 5.74) is 5.80. The molecule has 0 saturated heterocycles. The highest BCUT2D eigenvalue weighted by molar-refractivity contribution is 5.92. The van der Waals surface area contributed by atoms with E-state index in [4.69, 9.17) is 5.73 Å². The highest BCUT2D eigenvalue weighted by atomic mass is 16.1. The predicted octanol–water partition coefficient (Wildman–Crippen LogP) is 1.37. The Morgan fingerprint density at radius 2 is 2.18 bits per heavy atom. The van der Waals surface area contributed by atoms with E-state index in [0.717, 1.165) is 6.42 Å². The van der Waals surface area contributed by atoms with Crippen molar-refractivity contribution in [3.05, 3.63) is 18.1 Å². The van der Waals surface area contributed by atoms with Crippen molar-refractivity contribution in [3.8, 4) is 0 Å². The molecule has 92 valence electrons. The Morgan fingerprint density at radius 3 is 2.88 bits per heavy atom. The maximum Gasteiger partial charge on any atom is 0.271 e. The number of amides is 1. The second-order valence-electron chi connectivity index (χ2n) is 4.67. The number of carbonyl (C=O) groups is 1. The van der Waals surface area contributed by atoms with E-state index >= 15 is 0 Å². The molecule has 1 amide bonds. The molecule has 5 heteroatoms. The second kappa shape index (κ2) is 5.12. The number of carbonyl (C=O) groups excluding carboxylic acids is 1. The molecule has 0 aliphatic heterocycles. The van der Waals surface area contributed by atoms with E-state index in [0.29, 0.717) is 11.6 Å². The smallest absolute Gasteiger partial charge is 0.271 e. The van der Waals surface area contributed by atoms with Gasteiger partial charge in [-0.05, 0) is 18.8 Å². The van der Waals surface area contributed by atoms with Crippen LogP contribution in [0.4, 0.5) is 5.82 Å². The monoisotopic (exact) mass is 234 g/mol. The largest absolute Gasteiger partial charge is 0.382 e. The number of anilines is 1. The summed E-state index contributed by atoms with van der Waals surface area (Å²) in [5.74, 6) is 0.625. The van der Waals surface area contributed by atoms with E-state index in [1.807, 2.05) is 0 Å². The summed E-state index contributed by atoms with van der Waals surface area (Å²) in [6.07, 6.45) is 7.53. The van der Waals surface area contributed by atoms with Gasteiger partial charge in [0.2, 0.25) is 0 Å². The molecule has 5 nitrogen and oxygen atoms in total. The summed E-state index contributed by atoms with van der Waals surface area (Å²) in [5, 5.41) is 3.02. The number of rotatable bonds is 2. The van der Waals surface area contributed by atoms with Gasteiger partial charge in [-0.25, -0.2) is 4.98 Å². The number of nitrogens with zero attached hydrogens (tertiary/aromatic N) is 2. The number of aromatic nitrogens is 2. The number of nitrogen functional groups attached to an aromatic ring is 1. The van der Waals surface area contributed by atoms with E-state index in [9.17, 15) is 4.79 Å². The summed E-state index contributed by atoms with van der Waals surface area (Å²) in [6.45, 7) is 2.18. The van der Waals surface area contributed by atoms with Crippen LogP contribution in [-0.4, -0.2) is 21.9 Å². The van der Waals surface area contributed by atoms with Crippen LogP contribution in [0.3, 0.4) is 0 Å². The van der Waals surface area contributed by atoms with E-state index in [-0.39, 0.29) is 17.8 Å². The van der Waals surface area contributed by atoms with Gasteiger partial charge in [0.1, 0.15) is 11.5 Å². The van der Waals surface area contributed by atoms with Crippen molar-refractivity contribution >= 4 is 11.7 Å². The molecule has 1 saturated carbocycles. The molecule has 1 aliphatic rings. The molecule has 0 spiro atoms. The topological polar surface area (TPSA) is 80.9 Å². The molecule has 3 N–H and O–H groups in total. The van der Waals surface area contributed by atoms with Crippen molar-refractivity contribution in [1.29, 1.82) is 0 Å². The van der Waals surface area contributed by atoms with Crippen LogP contribution in [0.5, 0.6) is 0 Å². The van der Waals surface area contributed by atoms with Crippen LogP contribution in [-0.2, 0) is 0 Å². The Morgan fingerprint density at radius 1 is 1.41 bits per heavy atom. The summed E-state index contributed by atoms with van der Waals surface area (Å²) in [7, 11) is 0. The summed E-state index contributed by atoms with van der Waals surface area (Å²) < 4.78 is 0. The maximum atomic E-state index is 11.9. The number of hydrogen-bond acceptors (Lipinski definition) is 4. The summed E-state index contributed by atoms with van der Waals surface area (Å²) in [6, 6.07) is 0.250. The van der Waals surface area contributed by atoms with E-state index in [2.05, 4.69) is 22.2 Å². The third-order valence-electron chi connectivity index (χ3n) is 3.31. The minimum atomic E-state index is -0.177. The zero-order chi connectivity index (χ0) is 12.3. The fourth-order valence-corrected chi connectivity index (χ4v) is 2.26. The van der Waals surface area contributed by atoms with Gasteiger partial charge in [0.15, 0.2) is 0 Å². The van der Waals surface area contributed by atoms with Crippen molar-refractivity contribution in [2.75, 3.05) is 5.73 Å². The van der Waals surface area contributed by atoms with Gasteiger partial charge in [0.05, 0.1) is 12.4 Å². The molecule has 0 aromatic carbocycles. The van der Waals surface area contributed by atoms with Gasteiger partial charge >= 0.3 is 0 Å². The van der Waals surface area contributed by atoms with Crippen LogP contribution < -0.4 is 11.1 Å². The van der Waals surface area contributed by atoms with Crippen LogP contribution >= 0.6 is 0 Å². The van der Waals surface area contributed by atoms with Gasteiger partial charge < -0.3 is 11.1 Å². The van der Waals surface area contributed by atoms with Crippen molar-refractivity contribution < 1.29 is 4.79 Å². The highest BCUT2D eigenvalue weighted by Crippen LogP contribution is 2.23. The summed E-state index contributed by atoms with van der Waals surface area (Å²) >= 11 is 0. The normalized spacial score (nSPS) is 24.3. The molecule has 1 heterocycles. The zero-order valence-electron chi connectivity index (χ0n) is 10.0. The first kappa shape index (κ1) is 11.8. The first-order valence-corrected chi connectivity index (χ1v) is 6.05. The van der Waals surface area contributed by atoms with E-state index in [1.54, 1.807) is 0 Å². The maximum absolute atomic E-state index is 11.9. The average Bonchev–Trinajstić information content (AvgIpc) is 2.32. The molecular formula is C12H18N4O. The molecule has 1 aromatic heterocycles. The lowest BCUT2D eigenvalue weighted by molar-refractivity contribution is 0.0905. The first-order chi connectivity index (χ1) is 8.16. The third-order valence-corrected chi connectivity index (χ3v) is 3.31. The van der Waals surface area contributed by atoms with Crippen LogP contribution in [0.1, 0.15) is 43.1 Å². The van der Waals surface area contributed by atoms with Crippen molar-refractivity contribution in [2.45, 2.75) is 38.6 Å². The lowest BCUT2D eigenvalue weighted by atomic mass is 9.86. The van der Waals surface area contributed by atoms with Crippen LogP contribution in [0.15, 0.2) is 12.4 Å². The third kappa shape index (κ3) is 2.93. The Bertz CT molecular complexity index is 407. The molecule has 17 heavy (non-hydrogen) atoms. The van der Waals surface area contributed by atoms with Crippen molar-refractivity contribution in [3.63, 3.8) is 0 Å². The Balaban J connectivity index is 2.01. The Labute approximate surface area is 101 Å². The van der Waals surface area contributed by atoms with Gasteiger partial charge in [-0.2, -0.15) is 0 Å². The van der Waals surface area contributed by atoms with Crippen molar-refractivity contribution in [1.82, 2.24) is 15.3 Å². The Hall–Kier alpha value is -1.65. The van der Waals surface area contributed by atoms with Crippen LogP contribution in [0.25, 0.3) is 0 Å². The first-order valence-electron chi connectivity index (χ1n) is 6.05. The minimum Gasteiger partial charge on any atom is -0.382 e. The predicted molar refractivity (Wildman–Crippen MR) is 65.3 cm³/mol. The number of nitrogens with one attached hydrogen (secondary N) is 1. The van der Waals surface area contributed by atoms with E-state index in [1.165, 1.54) is 31.7 Å². The molecule has 0 radical (unpaired) electrons. The number of nitrogens with two attached hydrogens (primary N) is 1. The van der Waals surface area contributed by atoms with Gasteiger partial charge in [-0.3, -0.25) is 9.78 Å². The lowest BCUT2D eigenvalue weighted by Crippen LogP contribution is -2.41. The minimum absolute atomic E-state index is 0.177. The average molecular weight is 234 g/mol. The molecule has 0 bridgehead atoms. The highest BCUT2D eigenvalue weighted by Gasteiger charge is 2.23. The van der Waals surface area contributed by atoms with Crippen molar-refractivity contribution in [2.24, 2.45) is 5.92 Å². The van der Waals surface area contributed by atoms with Crippen LogP contribution in [0.2, 0.25) is 0 Å². The Kier molecular flexibility index (Phi) is 3.56. The lowest BCUT2D eigenvalue weighted by Gasteiger charge is -2.29. The molecule has 1 fully saturated rings. The SMILES string of the molecule is CC1CCCCC1NC(=O)c1cncc(N)n1. The zero-order valence-corrected chi connectivity index (χ0v) is 10.0. The quantitative estimate of drug-likeness (QED) is 0.809. The molecule has 2 unspecified atom stereocenters. The standard InChI is InChI=1S/C12H18N4O/c1-8-4-2-3-5-9(8)16-12(17)10-6-14-7-11(13)15-10/h6-9H,2-5H2,1H3,(H2,13,15)(H,16,17). The fourth-order valence-electron chi connectivity index (χ4n) is 2.26. The van der Waals surface area contributed by atoms with Gasteiger partial charge in [-0.15, -0.1) is 0 Å². The molecular weight excluding hydrogens is 216 g/mol. The number of hydrogen-bond donors (Lipinski definition) is 2. The van der Waals surface area contributed by atoms with Crippen LogP contribution in [0, 0.1) is 5.92 Å². The second-order valence-corrected chi connectivity index (χ2v) is 4.67.